The minimum Gasteiger partial charge on any atom is -0.332 e. The summed E-state index contributed by atoms with van der Waals surface area (Å²) in [4.78, 5) is 4.36. The summed E-state index contributed by atoms with van der Waals surface area (Å²) < 4.78 is 111. The molecule has 0 saturated heterocycles. The summed E-state index contributed by atoms with van der Waals surface area (Å²) in [5.41, 5.74) is -1.99. The fourth-order valence-corrected chi connectivity index (χ4v) is 5.63. The number of alkyl halides is 5. The van der Waals surface area contributed by atoms with Crippen molar-refractivity contribution in [1.29, 1.82) is 0 Å². The van der Waals surface area contributed by atoms with Crippen LogP contribution in [-0.4, -0.2) is 29.6 Å². The fraction of sp³-hybridized carbons (Fsp3) is 0.458. The van der Waals surface area contributed by atoms with Gasteiger partial charge in [-0.2, -0.15) is 13.2 Å². The number of rotatable bonds is 7. The average molecular weight is 534 g/mol. The number of aromatic nitrogens is 2. The molecule has 2 aromatic heterocycles. The summed E-state index contributed by atoms with van der Waals surface area (Å²) in [7, 11) is -3.97. The highest BCUT2D eigenvalue weighted by Gasteiger charge is 2.40. The summed E-state index contributed by atoms with van der Waals surface area (Å²) in [6, 6.07) is 2.94. The monoisotopic (exact) mass is 533 g/mol. The third-order valence-electron chi connectivity index (χ3n) is 5.80. The van der Waals surface area contributed by atoms with Gasteiger partial charge in [-0.25, -0.2) is 31.3 Å². The average Bonchev–Trinajstić information content (AvgIpc) is 3.55. The SMILES string of the molecule is CC(C)(C)Cn1cc(C(NS(=O)(=O)C2CC2)C(F)F)c2ccc(-c3ccc(F)cc3C(F)(F)F)nc21. The molecule has 1 fully saturated rings. The van der Waals surface area contributed by atoms with Crippen LogP contribution in [0.25, 0.3) is 22.3 Å². The molecule has 0 aliphatic heterocycles. The molecule has 12 heteroatoms. The van der Waals surface area contributed by atoms with Gasteiger partial charge >= 0.3 is 6.18 Å². The highest BCUT2D eigenvalue weighted by atomic mass is 32.2. The van der Waals surface area contributed by atoms with Gasteiger partial charge in [0.15, 0.2) is 0 Å². The number of sulfonamides is 1. The molecule has 1 aliphatic carbocycles. The molecule has 1 N–H and O–H groups in total. The third-order valence-corrected chi connectivity index (χ3v) is 7.73. The van der Waals surface area contributed by atoms with E-state index >= 15 is 0 Å². The van der Waals surface area contributed by atoms with E-state index in [4.69, 9.17) is 0 Å². The van der Waals surface area contributed by atoms with Crippen molar-refractivity contribution in [1.82, 2.24) is 14.3 Å². The third kappa shape index (κ3) is 5.54. The van der Waals surface area contributed by atoms with Crippen molar-refractivity contribution in [2.75, 3.05) is 0 Å². The van der Waals surface area contributed by atoms with Gasteiger partial charge in [0.1, 0.15) is 17.5 Å². The van der Waals surface area contributed by atoms with Crippen LogP contribution in [0.4, 0.5) is 26.3 Å². The van der Waals surface area contributed by atoms with Crippen LogP contribution >= 0.6 is 0 Å². The lowest BCUT2D eigenvalue weighted by atomic mass is 9.97. The zero-order valence-electron chi connectivity index (χ0n) is 19.7. The van der Waals surface area contributed by atoms with Gasteiger partial charge in [0, 0.05) is 29.3 Å². The van der Waals surface area contributed by atoms with Crippen LogP contribution in [0.5, 0.6) is 0 Å². The Hall–Kier alpha value is -2.60. The molecule has 1 atom stereocenters. The number of hydrogen-bond acceptors (Lipinski definition) is 3. The highest BCUT2D eigenvalue weighted by Crippen LogP contribution is 2.39. The lowest BCUT2D eigenvalue weighted by molar-refractivity contribution is -0.137. The van der Waals surface area contributed by atoms with Crippen molar-refractivity contribution in [3.05, 3.63) is 53.5 Å². The minimum absolute atomic E-state index is 0.0253. The second-order valence-electron chi connectivity index (χ2n) is 10.2. The molecule has 4 rings (SSSR count). The van der Waals surface area contributed by atoms with Crippen LogP contribution in [0.15, 0.2) is 36.5 Å². The minimum atomic E-state index is -4.85. The van der Waals surface area contributed by atoms with E-state index in [1.54, 1.807) is 0 Å². The number of fused-ring (bicyclic) bond motifs is 1. The molecule has 2 heterocycles. The van der Waals surface area contributed by atoms with Crippen molar-refractivity contribution in [3.8, 4) is 11.3 Å². The van der Waals surface area contributed by atoms with Crippen LogP contribution in [0.3, 0.4) is 0 Å². The predicted octanol–water partition coefficient (Wildman–Crippen LogP) is 6.30. The normalized spacial score (nSPS) is 16.2. The van der Waals surface area contributed by atoms with E-state index in [-0.39, 0.29) is 39.8 Å². The smallest absolute Gasteiger partial charge is 0.332 e. The Morgan fingerprint density at radius 1 is 1.11 bits per heavy atom. The lowest BCUT2D eigenvalue weighted by Crippen LogP contribution is -2.35. The Balaban J connectivity index is 1.89. The van der Waals surface area contributed by atoms with Gasteiger partial charge in [-0.1, -0.05) is 20.8 Å². The maximum Gasteiger partial charge on any atom is 0.417 e. The summed E-state index contributed by atoms with van der Waals surface area (Å²) in [5.74, 6) is -1.06. The number of nitrogens with one attached hydrogen (secondary N) is 1. The second kappa shape index (κ2) is 9.05. The van der Waals surface area contributed by atoms with Crippen molar-refractivity contribution < 1.29 is 34.8 Å². The first kappa shape index (κ1) is 26.5. The van der Waals surface area contributed by atoms with Gasteiger partial charge in [-0.05, 0) is 48.6 Å². The molecule has 0 amide bonds. The first-order valence-corrected chi connectivity index (χ1v) is 12.8. The number of benzene rings is 1. The van der Waals surface area contributed by atoms with Crippen LogP contribution in [0.1, 0.15) is 50.8 Å². The maximum absolute atomic E-state index is 14.1. The molecule has 196 valence electrons. The standard InChI is InChI=1S/C24H25F6N3O2S/c1-23(2,3)12-33-11-17(20(21(26)27)32-36(34,35)14-5-6-14)15-8-9-19(31-22(15)33)16-7-4-13(25)10-18(16)24(28,29)30/h4,7-11,14,20-21,32H,5-6,12H2,1-3H3. The molecule has 0 radical (unpaired) electrons. The van der Waals surface area contributed by atoms with E-state index in [1.807, 2.05) is 20.8 Å². The van der Waals surface area contributed by atoms with Gasteiger partial charge in [-0.15, -0.1) is 0 Å². The summed E-state index contributed by atoms with van der Waals surface area (Å²) >= 11 is 0. The van der Waals surface area contributed by atoms with E-state index in [0.717, 1.165) is 12.1 Å². The molecule has 36 heavy (non-hydrogen) atoms. The zero-order chi connectivity index (χ0) is 26.6. The molecule has 1 saturated carbocycles. The summed E-state index contributed by atoms with van der Waals surface area (Å²) in [5, 5.41) is -0.534. The molecule has 1 aromatic carbocycles. The molecule has 0 bridgehead atoms. The Morgan fingerprint density at radius 2 is 1.78 bits per heavy atom. The second-order valence-corrected chi connectivity index (χ2v) is 12.2. The zero-order valence-corrected chi connectivity index (χ0v) is 20.5. The highest BCUT2D eigenvalue weighted by molar-refractivity contribution is 7.90. The van der Waals surface area contributed by atoms with Gasteiger partial charge in [0.2, 0.25) is 10.0 Å². The molecule has 0 spiro atoms. The van der Waals surface area contributed by atoms with E-state index in [1.165, 1.54) is 22.9 Å². The van der Waals surface area contributed by atoms with Crippen molar-refractivity contribution >= 4 is 21.1 Å². The number of nitrogens with zero attached hydrogens (tertiary/aromatic N) is 2. The van der Waals surface area contributed by atoms with Crippen LogP contribution in [0.2, 0.25) is 0 Å². The topological polar surface area (TPSA) is 64.0 Å². The summed E-state index contributed by atoms with van der Waals surface area (Å²) in [6.45, 7) is 5.90. The van der Waals surface area contributed by atoms with Crippen LogP contribution < -0.4 is 4.72 Å². The van der Waals surface area contributed by atoms with Crippen molar-refractivity contribution in [3.63, 3.8) is 0 Å². The number of halogens is 6. The largest absolute Gasteiger partial charge is 0.417 e. The fourth-order valence-electron chi connectivity index (χ4n) is 4.10. The Labute approximate surface area is 204 Å². The molecule has 1 unspecified atom stereocenters. The Kier molecular flexibility index (Phi) is 6.66. The van der Waals surface area contributed by atoms with E-state index in [9.17, 15) is 34.8 Å². The van der Waals surface area contributed by atoms with Crippen molar-refractivity contribution in [2.45, 2.75) is 64.1 Å². The molecule has 5 nitrogen and oxygen atoms in total. The first-order chi connectivity index (χ1) is 16.6. The Morgan fingerprint density at radius 3 is 2.33 bits per heavy atom. The van der Waals surface area contributed by atoms with Gasteiger partial charge < -0.3 is 4.57 Å². The molecule has 1 aliphatic rings. The van der Waals surface area contributed by atoms with Gasteiger partial charge in [-0.3, -0.25) is 0 Å². The lowest BCUT2D eigenvalue weighted by Gasteiger charge is -2.20. The predicted molar refractivity (Wildman–Crippen MR) is 123 cm³/mol. The first-order valence-electron chi connectivity index (χ1n) is 11.2. The molecular formula is C24H25F6N3O2S. The number of pyridine rings is 1. The molecular weight excluding hydrogens is 508 g/mol. The quantitative estimate of drug-likeness (QED) is 0.363. The van der Waals surface area contributed by atoms with Gasteiger partial charge in [0.25, 0.3) is 6.43 Å². The van der Waals surface area contributed by atoms with Gasteiger partial charge in [0.05, 0.1) is 16.5 Å². The van der Waals surface area contributed by atoms with Crippen molar-refractivity contribution in [2.24, 2.45) is 5.41 Å². The van der Waals surface area contributed by atoms with Crippen LogP contribution in [-0.2, 0) is 22.7 Å². The molecule has 3 aromatic rings. The summed E-state index contributed by atoms with van der Waals surface area (Å²) in [6.07, 6.45) is -5.79. The Bertz CT molecular complexity index is 1390. The maximum atomic E-state index is 14.1. The number of hydrogen-bond donors (Lipinski definition) is 1. The van der Waals surface area contributed by atoms with E-state index < -0.39 is 45.3 Å². The van der Waals surface area contributed by atoms with E-state index in [2.05, 4.69) is 9.71 Å². The van der Waals surface area contributed by atoms with Crippen LogP contribution in [0, 0.1) is 11.2 Å². The van der Waals surface area contributed by atoms with E-state index in [0.29, 0.717) is 18.9 Å².